The van der Waals surface area contributed by atoms with Gasteiger partial charge in [-0.1, -0.05) is 80.8 Å². The molecule has 8 nitrogen and oxygen atoms in total. The zero-order chi connectivity index (χ0) is 30.6. The van der Waals surface area contributed by atoms with Gasteiger partial charge in [0.15, 0.2) is 11.5 Å². The number of carbonyl (C=O) groups is 4. The molecule has 0 heterocycles. The molecule has 0 aromatic heterocycles. The number of ether oxygens (including phenoxy) is 4. The Morgan fingerprint density at radius 2 is 1.02 bits per heavy atom. The molecule has 4 aromatic rings. The van der Waals surface area contributed by atoms with Crippen molar-refractivity contribution in [2.75, 3.05) is 6.61 Å². The quantitative estimate of drug-likeness (QED) is 0.0970. The van der Waals surface area contributed by atoms with E-state index in [2.05, 4.69) is 6.92 Å². The van der Waals surface area contributed by atoms with Gasteiger partial charge >= 0.3 is 23.9 Å². The molecule has 0 N–H and O–H groups in total. The van der Waals surface area contributed by atoms with Crippen LogP contribution in [0, 0.1) is 6.92 Å². The summed E-state index contributed by atoms with van der Waals surface area (Å²) in [6.07, 6.45) is 3.62. The molecule has 0 atom stereocenters. The van der Waals surface area contributed by atoms with E-state index in [1.54, 1.807) is 91.0 Å². The van der Waals surface area contributed by atoms with E-state index >= 15 is 0 Å². The number of carbonyl (C=O) groups excluding carboxylic acids is 4. The monoisotopic (exact) mass is 580 g/mol. The van der Waals surface area contributed by atoms with Crippen LogP contribution in [0.25, 0.3) is 0 Å². The average Bonchev–Trinajstić information content (AvgIpc) is 3.04. The Morgan fingerprint density at radius 1 is 0.558 bits per heavy atom. The fraction of sp³-hybridized carbons (Fsp3) is 0.200. The van der Waals surface area contributed by atoms with E-state index < -0.39 is 23.9 Å². The lowest BCUT2D eigenvalue weighted by Crippen LogP contribution is -2.18. The number of benzene rings is 4. The van der Waals surface area contributed by atoms with E-state index in [0.29, 0.717) is 6.42 Å². The van der Waals surface area contributed by atoms with E-state index in [0.717, 1.165) is 19.3 Å². The van der Waals surface area contributed by atoms with E-state index in [1.165, 1.54) is 13.0 Å². The molecule has 4 aromatic carbocycles. The van der Waals surface area contributed by atoms with Crippen LogP contribution < -0.4 is 14.2 Å². The number of esters is 4. The standard InChI is InChI=1S/C35H32O8/c1-3-4-5-15-22-40-35(39)28-23-29(41-32(36)25-16-9-6-10-17-25)31(43-34(38)27-20-13-8-14-21-27)30(24(28)2)42-33(37)26-18-11-7-12-19-26/h6-14,16-21,23H,3-5,15,22H2,1-2H3. The van der Waals surface area contributed by atoms with Crippen molar-refractivity contribution in [3.05, 3.63) is 125 Å². The van der Waals surface area contributed by atoms with Gasteiger partial charge in [-0.25, -0.2) is 19.2 Å². The minimum Gasteiger partial charge on any atom is -0.462 e. The summed E-state index contributed by atoms with van der Waals surface area (Å²) in [6.45, 7) is 3.79. The molecule has 43 heavy (non-hydrogen) atoms. The van der Waals surface area contributed by atoms with Gasteiger partial charge in [0.25, 0.3) is 0 Å². The van der Waals surface area contributed by atoms with Gasteiger partial charge in [0.2, 0.25) is 5.75 Å². The number of unbranched alkanes of at least 4 members (excludes halogenated alkanes) is 3. The summed E-state index contributed by atoms with van der Waals surface area (Å²) < 4.78 is 22.7. The molecule has 0 aliphatic heterocycles. The minimum atomic E-state index is -0.791. The van der Waals surface area contributed by atoms with Gasteiger partial charge < -0.3 is 18.9 Å². The molecule has 0 radical (unpaired) electrons. The molecule has 0 bridgehead atoms. The number of hydrogen-bond donors (Lipinski definition) is 0. The molecule has 220 valence electrons. The molecule has 0 saturated carbocycles. The fourth-order valence-corrected chi connectivity index (χ4v) is 4.17. The predicted octanol–water partition coefficient (Wildman–Crippen LogP) is 7.39. The van der Waals surface area contributed by atoms with Gasteiger partial charge in [0, 0.05) is 5.56 Å². The molecular weight excluding hydrogens is 548 g/mol. The number of rotatable bonds is 12. The van der Waals surface area contributed by atoms with Crippen LogP contribution in [0.2, 0.25) is 0 Å². The topological polar surface area (TPSA) is 105 Å². The van der Waals surface area contributed by atoms with Gasteiger partial charge in [-0.2, -0.15) is 0 Å². The SMILES string of the molecule is CCCCCCOC(=O)c1cc(OC(=O)c2ccccc2)c(OC(=O)c2ccccc2)c(OC(=O)c2ccccc2)c1C. The maximum atomic E-state index is 13.3. The third-order valence-electron chi connectivity index (χ3n) is 6.52. The molecule has 8 heteroatoms. The highest BCUT2D eigenvalue weighted by molar-refractivity contribution is 5.98. The lowest BCUT2D eigenvalue weighted by molar-refractivity contribution is 0.0492. The van der Waals surface area contributed by atoms with Gasteiger partial charge in [0.1, 0.15) is 0 Å². The third-order valence-corrected chi connectivity index (χ3v) is 6.52. The van der Waals surface area contributed by atoms with Gasteiger partial charge in [-0.05, 0) is 55.8 Å². The highest BCUT2D eigenvalue weighted by Gasteiger charge is 2.29. The summed E-state index contributed by atoms with van der Waals surface area (Å²) in [4.78, 5) is 52.8. The highest BCUT2D eigenvalue weighted by Crippen LogP contribution is 2.43. The van der Waals surface area contributed by atoms with Crippen LogP contribution in [0.5, 0.6) is 17.2 Å². The van der Waals surface area contributed by atoms with Crippen LogP contribution in [0.1, 0.15) is 79.6 Å². The van der Waals surface area contributed by atoms with E-state index in [-0.39, 0.29) is 51.7 Å². The molecule has 0 aliphatic rings. The van der Waals surface area contributed by atoms with Crippen molar-refractivity contribution < 1.29 is 38.1 Å². The summed E-state index contributed by atoms with van der Waals surface area (Å²) in [6, 6.07) is 25.8. The highest BCUT2D eigenvalue weighted by atomic mass is 16.6. The van der Waals surface area contributed by atoms with E-state index in [9.17, 15) is 19.2 Å². The van der Waals surface area contributed by atoms with Crippen molar-refractivity contribution in [3.63, 3.8) is 0 Å². The molecule has 0 spiro atoms. The second-order valence-corrected chi connectivity index (χ2v) is 9.67. The Balaban J connectivity index is 1.80. The van der Waals surface area contributed by atoms with Gasteiger partial charge in [-0.3, -0.25) is 0 Å². The second-order valence-electron chi connectivity index (χ2n) is 9.67. The summed E-state index contributed by atoms with van der Waals surface area (Å²) in [7, 11) is 0. The van der Waals surface area contributed by atoms with E-state index in [1.807, 2.05) is 0 Å². The van der Waals surface area contributed by atoms with Gasteiger partial charge in [0.05, 0.1) is 28.9 Å². The molecule has 0 saturated heterocycles. The Labute approximate surface area is 250 Å². The van der Waals surface area contributed by atoms with Crippen LogP contribution in [-0.2, 0) is 4.74 Å². The minimum absolute atomic E-state index is 0.0123. The summed E-state index contributed by atoms with van der Waals surface area (Å²) in [5, 5.41) is 0. The summed E-state index contributed by atoms with van der Waals surface area (Å²) in [5.41, 5.74) is 0.789. The van der Waals surface area contributed by atoms with Crippen molar-refractivity contribution in [2.45, 2.75) is 39.5 Å². The van der Waals surface area contributed by atoms with Crippen LogP contribution in [0.15, 0.2) is 97.1 Å². The zero-order valence-corrected chi connectivity index (χ0v) is 24.0. The van der Waals surface area contributed by atoms with Crippen LogP contribution in [0.4, 0.5) is 0 Å². The maximum absolute atomic E-state index is 13.3. The summed E-state index contributed by atoms with van der Waals surface area (Å²) in [5.74, 6) is -3.93. The Kier molecular flexibility index (Phi) is 10.8. The van der Waals surface area contributed by atoms with Crippen molar-refractivity contribution in [3.8, 4) is 17.2 Å². The maximum Gasteiger partial charge on any atom is 0.343 e. The average molecular weight is 581 g/mol. The number of hydrogen-bond acceptors (Lipinski definition) is 8. The molecule has 0 unspecified atom stereocenters. The van der Waals surface area contributed by atoms with E-state index in [4.69, 9.17) is 18.9 Å². The molecule has 0 amide bonds. The lowest BCUT2D eigenvalue weighted by atomic mass is 10.1. The molecule has 0 fully saturated rings. The van der Waals surface area contributed by atoms with Crippen molar-refractivity contribution in [2.24, 2.45) is 0 Å². The second kappa shape index (κ2) is 15.1. The normalized spacial score (nSPS) is 10.5. The molecular formula is C35H32O8. The lowest BCUT2D eigenvalue weighted by Gasteiger charge is -2.19. The predicted molar refractivity (Wildman–Crippen MR) is 160 cm³/mol. The fourth-order valence-electron chi connectivity index (χ4n) is 4.17. The smallest absolute Gasteiger partial charge is 0.343 e. The first-order chi connectivity index (χ1) is 20.9. The van der Waals surface area contributed by atoms with Gasteiger partial charge in [-0.15, -0.1) is 0 Å². The first kappa shape index (κ1) is 30.7. The zero-order valence-electron chi connectivity index (χ0n) is 24.0. The first-order valence-electron chi connectivity index (χ1n) is 14.1. The molecule has 4 rings (SSSR count). The Bertz CT molecular complexity index is 1560. The van der Waals surface area contributed by atoms with Crippen molar-refractivity contribution in [1.82, 2.24) is 0 Å². The Hall–Kier alpha value is -5.24. The molecule has 0 aliphatic carbocycles. The van der Waals surface area contributed by atoms with Crippen molar-refractivity contribution in [1.29, 1.82) is 0 Å². The van der Waals surface area contributed by atoms with Crippen LogP contribution >= 0.6 is 0 Å². The van der Waals surface area contributed by atoms with Crippen LogP contribution in [0.3, 0.4) is 0 Å². The largest absolute Gasteiger partial charge is 0.462 e. The van der Waals surface area contributed by atoms with Crippen LogP contribution in [-0.4, -0.2) is 30.5 Å². The Morgan fingerprint density at radius 3 is 1.51 bits per heavy atom. The first-order valence-corrected chi connectivity index (χ1v) is 14.1. The van der Waals surface area contributed by atoms with Crippen molar-refractivity contribution >= 4 is 23.9 Å². The third kappa shape index (κ3) is 8.16. The summed E-state index contributed by atoms with van der Waals surface area (Å²) >= 11 is 0.